The first-order chi connectivity index (χ1) is 11.5. The molecule has 4 heteroatoms. The summed E-state index contributed by atoms with van der Waals surface area (Å²) in [5, 5.41) is 6.53. The Kier molecular flexibility index (Phi) is 4.21. The summed E-state index contributed by atoms with van der Waals surface area (Å²) in [5.41, 5.74) is 5.52. The van der Waals surface area contributed by atoms with E-state index in [1.807, 2.05) is 30.3 Å². The predicted octanol–water partition coefficient (Wildman–Crippen LogP) is 3.87. The second kappa shape index (κ2) is 6.32. The minimum atomic E-state index is -0.110. The van der Waals surface area contributed by atoms with Crippen molar-refractivity contribution >= 4 is 17.2 Å². The van der Waals surface area contributed by atoms with Gasteiger partial charge in [-0.1, -0.05) is 30.3 Å². The van der Waals surface area contributed by atoms with E-state index in [1.165, 1.54) is 18.2 Å². The van der Waals surface area contributed by atoms with Gasteiger partial charge in [-0.05, 0) is 37.1 Å². The number of benzene rings is 2. The maximum Gasteiger partial charge on any atom is 0.228 e. The Bertz CT molecular complexity index is 845. The lowest BCUT2D eigenvalue weighted by atomic mass is 9.93. The van der Waals surface area contributed by atoms with E-state index in [0.717, 1.165) is 11.3 Å². The lowest BCUT2D eigenvalue weighted by molar-refractivity contribution is 0.0952. The Balaban J connectivity index is 2.07. The molecule has 0 amide bonds. The van der Waals surface area contributed by atoms with Crippen molar-refractivity contribution < 1.29 is 9.53 Å². The Morgan fingerprint density at radius 3 is 2.25 bits per heavy atom. The van der Waals surface area contributed by atoms with Gasteiger partial charge in [0.05, 0.1) is 18.5 Å². The molecule has 122 valence electrons. The third-order valence-electron chi connectivity index (χ3n) is 4.00. The summed E-state index contributed by atoms with van der Waals surface area (Å²) in [6.07, 6.45) is 1.70. The van der Waals surface area contributed by atoms with Gasteiger partial charge in [-0.25, -0.2) is 0 Å². The summed E-state index contributed by atoms with van der Waals surface area (Å²) < 4.78 is 5.23. The third-order valence-corrected chi connectivity index (χ3v) is 4.00. The number of hydrazone groups is 1. The number of Topliss-reactive ketones (excluding diaryl/α,β-unsaturated/α-hetero) is 1. The number of anilines is 1. The van der Waals surface area contributed by atoms with E-state index in [0.29, 0.717) is 17.0 Å². The van der Waals surface area contributed by atoms with Gasteiger partial charge >= 0.3 is 0 Å². The summed E-state index contributed by atoms with van der Waals surface area (Å²) in [7, 11) is 3.41. The molecule has 24 heavy (non-hydrogen) atoms. The molecule has 0 N–H and O–H groups in total. The molecule has 2 aromatic rings. The maximum absolute atomic E-state index is 12.4. The molecular formula is C20H20N2O2. The highest BCUT2D eigenvalue weighted by Gasteiger charge is 2.25. The molecule has 0 heterocycles. The van der Waals surface area contributed by atoms with Crippen molar-refractivity contribution in [3.8, 4) is 0 Å². The fourth-order valence-corrected chi connectivity index (χ4v) is 2.90. The van der Waals surface area contributed by atoms with Gasteiger partial charge < -0.3 is 4.74 Å². The molecule has 0 fully saturated rings. The van der Waals surface area contributed by atoms with Crippen molar-refractivity contribution in [2.75, 3.05) is 19.2 Å². The second-order valence-electron chi connectivity index (χ2n) is 5.94. The molecule has 2 aromatic carbocycles. The molecule has 0 spiro atoms. The number of aryl methyl sites for hydroxylation is 2. The van der Waals surface area contributed by atoms with Crippen LogP contribution >= 0.6 is 0 Å². The highest BCUT2D eigenvalue weighted by Crippen LogP contribution is 2.24. The average Bonchev–Trinajstić information content (AvgIpc) is 2.56. The standard InChI is InChI=1S/C20H20N2O2/c1-13-9-14(2)11-15(10-13)22(3)21-18-12-19(24-4)20(23)17-8-6-5-7-16(17)18/h5-12H,1-4H3/b21-18-. The second-order valence-corrected chi connectivity index (χ2v) is 5.94. The van der Waals surface area contributed by atoms with Crippen LogP contribution in [0.2, 0.25) is 0 Å². The van der Waals surface area contributed by atoms with Crippen molar-refractivity contribution in [2.45, 2.75) is 13.8 Å². The van der Waals surface area contributed by atoms with Crippen LogP contribution in [0, 0.1) is 13.8 Å². The van der Waals surface area contributed by atoms with E-state index in [9.17, 15) is 4.79 Å². The van der Waals surface area contributed by atoms with Crippen LogP contribution in [0.1, 0.15) is 27.0 Å². The number of carbonyl (C=O) groups is 1. The number of hydrogen-bond donors (Lipinski definition) is 0. The number of ketones is 1. The van der Waals surface area contributed by atoms with Crippen LogP contribution in [0.4, 0.5) is 5.69 Å². The molecule has 1 aliphatic rings. The van der Waals surface area contributed by atoms with Gasteiger partial charge in [0.15, 0.2) is 5.76 Å². The summed E-state index contributed by atoms with van der Waals surface area (Å²) >= 11 is 0. The molecule has 0 radical (unpaired) electrons. The quantitative estimate of drug-likeness (QED) is 0.806. The van der Waals surface area contributed by atoms with Gasteiger partial charge in [-0.3, -0.25) is 9.80 Å². The van der Waals surface area contributed by atoms with Crippen molar-refractivity contribution in [2.24, 2.45) is 5.10 Å². The number of rotatable bonds is 3. The molecule has 0 atom stereocenters. The Hall–Kier alpha value is -2.88. The zero-order valence-electron chi connectivity index (χ0n) is 14.3. The van der Waals surface area contributed by atoms with E-state index >= 15 is 0 Å². The van der Waals surface area contributed by atoms with E-state index in [4.69, 9.17) is 9.84 Å². The van der Waals surface area contributed by atoms with Crippen LogP contribution in [0.3, 0.4) is 0 Å². The van der Waals surface area contributed by atoms with Crippen molar-refractivity contribution in [1.29, 1.82) is 0 Å². The SMILES string of the molecule is COC1=C/C(=N/N(C)c2cc(C)cc(C)c2)c2ccccc2C1=O. The van der Waals surface area contributed by atoms with Crippen LogP contribution in [0.25, 0.3) is 0 Å². The third kappa shape index (κ3) is 2.95. The highest BCUT2D eigenvalue weighted by molar-refractivity contribution is 6.25. The lowest BCUT2D eigenvalue weighted by Crippen LogP contribution is -2.21. The van der Waals surface area contributed by atoms with Crippen molar-refractivity contribution in [3.63, 3.8) is 0 Å². The molecule has 0 aromatic heterocycles. The van der Waals surface area contributed by atoms with Gasteiger partial charge in [0.2, 0.25) is 5.78 Å². The molecule has 1 aliphatic carbocycles. The summed E-state index contributed by atoms with van der Waals surface area (Å²) in [4.78, 5) is 12.4. The van der Waals surface area contributed by atoms with Crippen LogP contribution in [-0.4, -0.2) is 25.7 Å². The van der Waals surface area contributed by atoms with E-state index in [1.54, 1.807) is 12.1 Å². The molecular weight excluding hydrogens is 300 g/mol. The molecule has 0 unspecified atom stereocenters. The van der Waals surface area contributed by atoms with E-state index in [-0.39, 0.29) is 5.78 Å². The normalized spacial score (nSPS) is 15.1. The van der Waals surface area contributed by atoms with Crippen LogP contribution in [0.5, 0.6) is 0 Å². The summed E-state index contributed by atoms with van der Waals surface area (Å²) in [6.45, 7) is 4.13. The van der Waals surface area contributed by atoms with Crippen molar-refractivity contribution in [1.82, 2.24) is 0 Å². The zero-order chi connectivity index (χ0) is 17.3. The zero-order valence-corrected chi connectivity index (χ0v) is 14.3. The summed E-state index contributed by atoms with van der Waals surface area (Å²) in [6, 6.07) is 13.8. The first-order valence-corrected chi connectivity index (χ1v) is 7.80. The number of fused-ring (bicyclic) bond motifs is 1. The first-order valence-electron chi connectivity index (χ1n) is 7.80. The number of methoxy groups -OCH3 is 1. The topological polar surface area (TPSA) is 41.9 Å². The minimum Gasteiger partial charge on any atom is -0.493 e. The molecule has 0 aliphatic heterocycles. The maximum atomic E-state index is 12.4. The fourth-order valence-electron chi connectivity index (χ4n) is 2.90. The molecule has 0 saturated carbocycles. The predicted molar refractivity (Wildman–Crippen MR) is 96.7 cm³/mol. The molecule has 0 bridgehead atoms. The number of carbonyl (C=O) groups excluding carboxylic acids is 1. The average molecular weight is 320 g/mol. The van der Waals surface area contributed by atoms with Crippen LogP contribution in [-0.2, 0) is 4.74 Å². The number of hydrogen-bond acceptors (Lipinski definition) is 4. The number of nitrogens with zero attached hydrogens (tertiary/aromatic N) is 2. The van der Waals surface area contributed by atoms with Gasteiger partial charge in [-0.2, -0.15) is 5.10 Å². The van der Waals surface area contributed by atoms with Gasteiger partial charge in [0.1, 0.15) is 0 Å². The fraction of sp³-hybridized carbons (Fsp3) is 0.200. The van der Waals surface area contributed by atoms with Gasteiger partial charge in [0.25, 0.3) is 0 Å². The largest absolute Gasteiger partial charge is 0.493 e. The Labute approximate surface area is 142 Å². The Morgan fingerprint density at radius 2 is 1.62 bits per heavy atom. The monoisotopic (exact) mass is 320 g/mol. The summed E-state index contributed by atoms with van der Waals surface area (Å²) in [5.74, 6) is 0.197. The van der Waals surface area contributed by atoms with E-state index < -0.39 is 0 Å². The smallest absolute Gasteiger partial charge is 0.228 e. The minimum absolute atomic E-state index is 0.110. The number of allylic oxidation sites excluding steroid dienone is 2. The molecule has 3 rings (SSSR count). The van der Waals surface area contributed by atoms with Crippen molar-refractivity contribution in [3.05, 3.63) is 76.6 Å². The van der Waals surface area contributed by atoms with Gasteiger partial charge in [-0.15, -0.1) is 0 Å². The Morgan fingerprint density at radius 1 is 1.00 bits per heavy atom. The van der Waals surface area contributed by atoms with Crippen LogP contribution < -0.4 is 5.01 Å². The highest BCUT2D eigenvalue weighted by atomic mass is 16.5. The van der Waals surface area contributed by atoms with Gasteiger partial charge in [0, 0.05) is 24.3 Å². The molecule has 0 saturated heterocycles. The van der Waals surface area contributed by atoms with Crippen LogP contribution in [0.15, 0.2) is 59.4 Å². The first kappa shape index (κ1) is 16.0. The molecule has 4 nitrogen and oxygen atoms in total. The van der Waals surface area contributed by atoms with E-state index in [2.05, 4.69) is 32.0 Å². The number of ether oxygens (including phenoxy) is 1. The lowest BCUT2D eigenvalue weighted by Gasteiger charge is -2.20.